The van der Waals surface area contributed by atoms with E-state index in [0.29, 0.717) is 10.0 Å². The van der Waals surface area contributed by atoms with Gasteiger partial charge < -0.3 is 0 Å². The predicted octanol–water partition coefficient (Wildman–Crippen LogP) is 4.67. The summed E-state index contributed by atoms with van der Waals surface area (Å²) in [6, 6.07) is 9.50. The molecule has 0 radical (unpaired) electrons. The molecule has 0 amide bonds. The van der Waals surface area contributed by atoms with Gasteiger partial charge in [-0.1, -0.05) is 23.2 Å². The highest BCUT2D eigenvalue weighted by atomic mass is 35.5. The average molecular weight is 252 g/mol. The lowest BCUT2D eigenvalue weighted by Gasteiger charge is -2.06. The second kappa shape index (κ2) is 4.44. The largest absolute Gasteiger partial charge is 0.253 e. The van der Waals surface area contributed by atoms with E-state index in [-0.39, 0.29) is 0 Å². The molecule has 1 nitrogen and oxygen atoms in total. The van der Waals surface area contributed by atoms with Crippen LogP contribution in [0.5, 0.6) is 0 Å². The van der Waals surface area contributed by atoms with Gasteiger partial charge in [0, 0.05) is 16.3 Å². The Bertz CT molecular complexity index is 515. The minimum Gasteiger partial charge on any atom is -0.253 e. The fourth-order valence-corrected chi connectivity index (χ4v) is 2.18. The van der Waals surface area contributed by atoms with E-state index in [1.807, 2.05) is 38.1 Å². The van der Waals surface area contributed by atoms with Crippen LogP contribution in [0.1, 0.15) is 11.3 Å². The van der Waals surface area contributed by atoms with Crippen molar-refractivity contribution in [1.82, 2.24) is 4.98 Å². The van der Waals surface area contributed by atoms with E-state index in [1.165, 1.54) is 5.56 Å². The second-order valence-corrected chi connectivity index (χ2v) is 4.64. The van der Waals surface area contributed by atoms with Crippen molar-refractivity contribution in [3.63, 3.8) is 0 Å². The zero-order valence-electron chi connectivity index (χ0n) is 9.09. The van der Waals surface area contributed by atoms with Crippen molar-refractivity contribution in [2.45, 2.75) is 13.8 Å². The van der Waals surface area contributed by atoms with E-state index in [9.17, 15) is 0 Å². The molecule has 0 bridgehead atoms. The molecule has 1 heterocycles. The van der Waals surface area contributed by atoms with E-state index < -0.39 is 0 Å². The Kier molecular flexibility index (Phi) is 3.17. The normalized spacial score (nSPS) is 10.5. The summed E-state index contributed by atoms with van der Waals surface area (Å²) in [5, 5.41) is 1.27. The molecule has 0 fully saturated rings. The monoisotopic (exact) mass is 251 g/mol. The number of pyridine rings is 1. The molecular weight excluding hydrogens is 241 g/mol. The number of aryl methyl sites for hydroxylation is 2. The molecule has 0 N–H and O–H groups in total. The average Bonchev–Trinajstić information content (AvgIpc) is 2.15. The summed E-state index contributed by atoms with van der Waals surface area (Å²) in [6.07, 6.45) is 0. The standard InChI is InChI=1S/C13H11Cl2N/c1-8-5-9(2)16-13(6-8)11-4-3-10(14)7-12(11)15/h3-7H,1-2H3. The smallest absolute Gasteiger partial charge is 0.0722 e. The van der Waals surface area contributed by atoms with Gasteiger partial charge >= 0.3 is 0 Å². The Morgan fingerprint density at radius 2 is 1.75 bits per heavy atom. The van der Waals surface area contributed by atoms with Gasteiger partial charge in [-0.05, 0) is 49.7 Å². The van der Waals surface area contributed by atoms with Crippen molar-refractivity contribution in [3.05, 3.63) is 51.6 Å². The second-order valence-electron chi connectivity index (χ2n) is 3.80. The quantitative estimate of drug-likeness (QED) is 0.718. The Hall–Kier alpha value is -1.05. The summed E-state index contributed by atoms with van der Waals surface area (Å²) in [5.74, 6) is 0. The first-order valence-electron chi connectivity index (χ1n) is 4.97. The van der Waals surface area contributed by atoms with E-state index >= 15 is 0 Å². The summed E-state index contributed by atoms with van der Waals surface area (Å²) >= 11 is 12.0. The van der Waals surface area contributed by atoms with Gasteiger partial charge in [-0.25, -0.2) is 0 Å². The van der Waals surface area contributed by atoms with Gasteiger partial charge in [-0.15, -0.1) is 0 Å². The van der Waals surface area contributed by atoms with Crippen molar-refractivity contribution >= 4 is 23.2 Å². The molecule has 2 aromatic rings. The third kappa shape index (κ3) is 2.37. The first-order chi connectivity index (χ1) is 7.56. The maximum absolute atomic E-state index is 6.14. The van der Waals surface area contributed by atoms with Gasteiger partial charge in [0.15, 0.2) is 0 Å². The Morgan fingerprint density at radius 3 is 2.38 bits per heavy atom. The SMILES string of the molecule is Cc1cc(C)nc(-c2ccc(Cl)cc2Cl)c1. The number of rotatable bonds is 1. The van der Waals surface area contributed by atoms with Crippen LogP contribution in [0.3, 0.4) is 0 Å². The van der Waals surface area contributed by atoms with E-state index in [2.05, 4.69) is 4.98 Å². The molecule has 0 atom stereocenters. The summed E-state index contributed by atoms with van der Waals surface area (Å²) in [5.41, 5.74) is 3.96. The molecule has 0 aliphatic carbocycles. The van der Waals surface area contributed by atoms with Crippen molar-refractivity contribution < 1.29 is 0 Å². The third-order valence-electron chi connectivity index (χ3n) is 2.30. The lowest BCUT2D eigenvalue weighted by atomic mass is 10.1. The van der Waals surface area contributed by atoms with Crippen LogP contribution >= 0.6 is 23.2 Å². The number of nitrogens with zero attached hydrogens (tertiary/aromatic N) is 1. The first-order valence-corrected chi connectivity index (χ1v) is 5.72. The molecule has 0 saturated heterocycles. The van der Waals surface area contributed by atoms with Gasteiger partial charge in [-0.2, -0.15) is 0 Å². The van der Waals surface area contributed by atoms with Crippen LogP contribution in [0, 0.1) is 13.8 Å². The van der Waals surface area contributed by atoms with E-state index in [0.717, 1.165) is 17.0 Å². The van der Waals surface area contributed by atoms with Gasteiger partial charge in [-0.3, -0.25) is 4.98 Å². The van der Waals surface area contributed by atoms with Crippen LogP contribution in [0.25, 0.3) is 11.3 Å². The van der Waals surface area contributed by atoms with Crippen molar-refractivity contribution in [3.8, 4) is 11.3 Å². The summed E-state index contributed by atoms with van der Waals surface area (Å²) < 4.78 is 0. The van der Waals surface area contributed by atoms with Crippen LogP contribution in [0.15, 0.2) is 30.3 Å². The molecule has 2 rings (SSSR count). The molecule has 0 spiro atoms. The number of hydrogen-bond donors (Lipinski definition) is 0. The topological polar surface area (TPSA) is 12.9 Å². The van der Waals surface area contributed by atoms with Crippen molar-refractivity contribution in [2.75, 3.05) is 0 Å². The highest BCUT2D eigenvalue weighted by Gasteiger charge is 2.06. The maximum Gasteiger partial charge on any atom is 0.0722 e. The Labute approximate surface area is 105 Å². The minimum atomic E-state index is 0.630. The lowest BCUT2D eigenvalue weighted by Crippen LogP contribution is -1.89. The highest BCUT2D eigenvalue weighted by molar-refractivity contribution is 6.36. The molecule has 16 heavy (non-hydrogen) atoms. The van der Waals surface area contributed by atoms with Crippen LogP contribution in [0.4, 0.5) is 0 Å². The van der Waals surface area contributed by atoms with E-state index in [4.69, 9.17) is 23.2 Å². The molecule has 0 aliphatic rings. The van der Waals surface area contributed by atoms with Gasteiger partial charge in [0.25, 0.3) is 0 Å². The lowest BCUT2D eigenvalue weighted by molar-refractivity contribution is 1.18. The number of aromatic nitrogens is 1. The van der Waals surface area contributed by atoms with Crippen LogP contribution in [-0.4, -0.2) is 4.98 Å². The van der Waals surface area contributed by atoms with Gasteiger partial charge in [0.05, 0.1) is 10.7 Å². The fraction of sp³-hybridized carbons (Fsp3) is 0.154. The molecule has 3 heteroatoms. The molecule has 0 unspecified atom stereocenters. The van der Waals surface area contributed by atoms with Crippen molar-refractivity contribution in [1.29, 1.82) is 0 Å². The molecule has 1 aromatic heterocycles. The molecule has 1 aromatic carbocycles. The minimum absolute atomic E-state index is 0.630. The number of hydrogen-bond acceptors (Lipinski definition) is 1. The summed E-state index contributed by atoms with van der Waals surface area (Å²) in [6.45, 7) is 4.02. The Morgan fingerprint density at radius 1 is 1.00 bits per heavy atom. The molecular formula is C13H11Cl2N. The van der Waals surface area contributed by atoms with Crippen LogP contribution in [0.2, 0.25) is 10.0 Å². The zero-order valence-corrected chi connectivity index (χ0v) is 10.6. The Balaban J connectivity index is 2.58. The zero-order chi connectivity index (χ0) is 11.7. The first kappa shape index (κ1) is 11.4. The van der Waals surface area contributed by atoms with Gasteiger partial charge in [0.1, 0.15) is 0 Å². The van der Waals surface area contributed by atoms with Crippen LogP contribution in [-0.2, 0) is 0 Å². The molecule has 0 saturated carbocycles. The molecule has 0 aliphatic heterocycles. The van der Waals surface area contributed by atoms with E-state index in [1.54, 1.807) is 6.07 Å². The highest BCUT2D eigenvalue weighted by Crippen LogP contribution is 2.29. The number of benzene rings is 1. The van der Waals surface area contributed by atoms with Crippen LogP contribution < -0.4 is 0 Å². The third-order valence-corrected chi connectivity index (χ3v) is 2.85. The van der Waals surface area contributed by atoms with Crippen molar-refractivity contribution in [2.24, 2.45) is 0 Å². The predicted molar refractivity (Wildman–Crippen MR) is 69.2 cm³/mol. The summed E-state index contributed by atoms with van der Waals surface area (Å²) in [4.78, 5) is 4.47. The number of halogens is 2. The molecule has 82 valence electrons. The fourth-order valence-electron chi connectivity index (χ4n) is 1.68. The maximum atomic E-state index is 6.14. The van der Waals surface area contributed by atoms with Gasteiger partial charge in [0.2, 0.25) is 0 Å². The summed E-state index contributed by atoms with van der Waals surface area (Å²) in [7, 11) is 0.